The van der Waals surface area contributed by atoms with Gasteiger partial charge in [-0.1, -0.05) is 50.3 Å². The van der Waals surface area contributed by atoms with Gasteiger partial charge in [0.2, 0.25) is 0 Å². The summed E-state index contributed by atoms with van der Waals surface area (Å²) in [6, 6.07) is 11.5. The lowest BCUT2D eigenvalue weighted by atomic mass is 9.86. The topological polar surface area (TPSA) is 55.2 Å². The quantitative estimate of drug-likeness (QED) is 0.663. The molecule has 0 atom stereocenters. The molecule has 2 rings (SSSR count). The second-order valence-electron chi connectivity index (χ2n) is 5.65. The van der Waals surface area contributed by atoms with Crippen LogP contribution in [0.1, 0.15) is 31.2 Å². The van der Waals surface area contributed by atoms with Crippen molar-refractivity contribution in [3.63, 3.8) is 0 Å². The number of hydrogen-bond donors (Lipinski definition) is 1. The Morgan fingerprint density at radius 1 is 1.20 bits per heavy atom. The normalized spacial score (nSPS) is 11.3. The van der Waals surface area contributed by atoms with E-state index in [1.807, 2.05) is 18.2 Å². The second-order valence-corrected chi connectivity index (χ2v) is 6.79. The maximum absolute atomic E-state index is 10.7. The summed E-state index contributed by atoms with van der Waals surface area (Å²) in [5, 5.41) is 14.2. The summed E-state index contributed by atoms with van der Waals surface area (Å²) in [5.41, 5.74) is 2.38. The molecule has 5 heteroatoms. The summed E-state index contributed by atoms with van der Waals surface area (Å²) in [5.74, 6) is 0. The Morgan fingerprint density at radius 3 is 2.50 bits per heavy atom. The maximum Gasteiger partial charge on any atom is 0.324 e. The molecule has 1 N–H and O–H groups in total. The van der Waals surface area contributed by atoms with Crippen molar-refractivity contribution in [1.29, 1.82) is 0 Å². The van der Waals surface area contributed by atoms with Crippen LogP contribution in [0.15, 0.2) is 36.4 Å². The summed E-state index contributed by atoms with van der Waals surface area (Å²) in [7, 11) is 0. The van der Waals surface area contributed by atoms with Crippen molar-refractivity contribution in [1.82, 2.24) is 0 Å². The first-order chi connectivity index (χ1) is 9.38. The molecule has 1 aromatic carbocycles. The number of para-hydroxylation sites is 1. The van der Waals surface area contributed by atoms with Gasteiger partial charge in [-0.25, -0.2) is 0 Å². The van der Waals surface area contributed by atoms with Gasteiger partial charge < -0.3 is 5.32 Å². The molecule has 0 bridgehead atoms. The Morgan fingerprint density at radius 2 is 1.90 bits per heavy atom. The zero-order chi connectivity index (χ0) is 14.8. The van der Waals surface area contributed by atoms with Crippen molar-refractivity contribution >= 4 is 22.0 Å². The molecule has 1 aromatic heterocycles. The van der Waals surface area contributed by atoms with Gasteiger partial charge in [0.25, 0.3) is 0 Å². The van der Waals surface area contributed by atoms with Gasteiger partial charge in [-0.15, -0.1) is 0 Å². The molecule has 0 fully saturated rings. The average molecular weight is 290 g/mol. The highest BCUT2D eigenvalue weighted by molar-refractivity contribution is 7.15. The Labute approximate surface area is 122 Å². The molecule has 0 radical (unpaired) electrons. The molecule has 0 aliphatic carbocycles. The highest BCUT2D eigenvalue weighted by atomic mass is 32.1. The molecule has 0 spiro atoms. The van der Waals surface area contributed by atoms with E-state index in [1.54, 1.807) is 12.1 Å². The molecule has 0 aliphatic rings. The molecule has 0 saturated carbocycles. The molecule has 2 aromatic rings. The number of nitro groups is 1. The molecule has 1 heterocycles. The van der Waals surface area contributed by atoms with Crippen LogP contribution in [0.2, 0.25) is 0 Å². The van der Waals surface area contributed by atoms with Crippen molar-refractivity contribution < 1.29 is 4.92 Å². The Kier molecular flexibility index (Phi) is 4.09. The first-order valence-electron chi connectivity index (χ1n) is 6.44. The fraction of sp³-hybridized carbons (Fsp3) is 0.333. The van der Waals surface area contributed by atoms with Gasteiger partial charge in [-0.05, 0) is 23.1 Å². The molecule has 0 unspecified atom stereocenters. The van der Waals surface area contributed by atoms with Crippen LogP contribution in [0.25, 0.3) is 0 Å². The van der Waals surface area contributed by atoms with Crippen molar-refractivity contribution in [2.45, 2.75) is 32.7 Å². The molecule has 0 saturated heterocycles. The summed E-state index contributed by atoms with van der Waals surface area (Å²) < 4.78 is 0. The van der Waals surface area contributed by atoms with Crippen molar-refractivity contribution in [2.75, 3.05) is 5.32 Å². The average Bonchev–Trinajstić information content (AvgIpc) is 2.84. The highest BCUT2D eigenvalue weighted by Gasteiger charge is 2.17. The van der Waals surface area contributed by atoms with Gasteiger partial charge >= 0.3 is 5.00 Å². The van der Waals surface area contributed by atoms with Gasteiger partial charge in [0.1, 0.15) is 0 Å². The number of nitrogens with zero attached hydrogens (tertiary/aromatic N) is 1. The van der Waals surface area contributed by atoms with E-state index in [2.05, 4.69) is 32.2 Å². The maximum atomic E-state index is 10.7. The number of benzene rings is 1. The Bertz CT molecular complexity index is 614. The number of thiophene rings is 1. The van der Waals surface area contributed by atoms with Crippen molar-refractivity contribution in [3.05, 3.63) is 57.0 Å². The van der Waals surface area contributed by atoms with Gasteiger partial charge in [0.15, 0.2) is 0 Å². The second kappa shape index (κ2) is 5.63. The van der Waals surface area contributed by atoms with E-state index in [9.17, 15) is 10.1 Å². The van der Waals surface area contributed by atoms with E-state index in [1.165, 1.54) is 16.9 Å². The largest absolute Gasteiger partial charge is 0.380 e. The summed E-state index contributed by atoms with van der Waals surface area (Å²) in [4.78, 5) is 11.3. The van der Waals surface area contributed by atoms with Crippen LogP contribution in [0.4, 0.5) is 10.7 Å². The zero-order valence-electron chi connectivity index (χ0n) is 11.8. The monoisotopic (exact) mass is 290 g/mol. The van der Waals surface area contributed by atoms with Crippen LogP contribution in [0.5, 0.6) is 0 Å². The van der Waals surface area contributed by atoms with E-state index in [0.717, 1.165) is 10.6 Å². The van der Waals surface area contributed by atoms with Crippen LogP contribution in [0.3, 0.4) is 0 Å². The third-order valence-electron chi connectivity index (χ3n) is 3.02. The SMILES string of the molecule is CC(C)(C)c1ccccc1NCc1ccc([N+](=O)[O-])s1. The Balaban J connectivity index is 2.13. The first kappa shape index (κ1) is 14.5. The summed E-state index contributed by atoms with van der Waals surface area (Å²) in [6.45, 7) is 7.11. The molecule has 0 aliphatic heterocycles. The molecular weight excluding hydrogens is 272 g/mol. The Hall–Kier alpha value is -1.88. The van der Waals surface area contributed by atoms with Crippen molar-refractivity contribution in [3.8, 4) is 0 Å². The number of rotatable bonds is 4. The lowest BCUT2D eigenvalue weighted by Gasteiger charge is -2.23. The van der Waals surface area contributed by atoms with E-state index in [4.69, 9.17) is 0 Å². The van der Waals surface area contributed by atoms with Crippen LogP contribution in [-0.2, 0) is 12.0 Å². The third kappa shape index (κ3) is 3.36. The number of hydrogen-bond acceptors (Lipinski definition) is 4. The van der Waals surface area contributed by atoms with Crippen LogP contribution < -0.4 is 5.32 Å². The standard InChI is InChI=1S/C15H18N2O2S/c1-15(2,3)12-6-4-5-7-13(12)16-10-11-8-9-14(20-11)17(18)19/h4-9,16H,10H2,1-3H3. The first-order valence-corrected chi connectivity index (χ1v) is 7.26. The highest BCUT2D eigenvalue weighted by Crippen LogP contribution is 2.30. The number of nitrogens with one attached hydrogen (secondary N) is 1. The van der Waals surface area contributed by atoms with E-state index in [0.29, 0.717) is 6.54 Å². The number of anilines is 1. The van der Waals surface area contributed by atoms with E-state index >= 15 is 0 Å². The van der Waals surface area contributed by atoms with Crippen molar-refractivity contribution in [2.24, 2.45) is 0 Å². The summed E-state index contributed by atoms with van der Waals surface area (Å²) in [6.07, 6.45) is 0. The van der Waals surface area contributed by atoms with Crippen LogP contribution in [-0.4, -0.2) is 4.92 Å². The predicted octanol–water partition coefficient (Wildman–Crippen LogP) is 4.57. The molecule has 106 valence electrons. The minimum Gasteiger partial charge on any atom is -0.380 e. The lowest BCUT2D eigenvalue weighted by Crippen LogP contribution is -2.14. The zero-order valence-corrected chi connectivity index (χ0v) is 12.7. The van der Waals surface area contributed by atoms with E-state index in [-0.39, 0.29) is 15.3 Å². The minimum atomic E-state index is -0.350. The molecule has 20 heavy (non-hydrogen) atoms. The summed E-state index contributed by atoms with van der Waals surface area (Å²) >= 11 is 1.21. The van der Waals surface area contributed by atoms with Gasteiger partial charge in [0, 0.05) is 23.2 Å². The van der Waals surface area contributed by atoms with Gasteiger partial charge in [-0.2, -0.15) is 0 Å². The smallest absolute Gasteiger partial charge is 0.324 e. The fourth-order valence-electron chi connectivity index (χ4n) is 2.03. The lowest BCUT2D eigenvalue weighted by molar-refractivity contribution is -0.380. The van der Waals surface area contributed by atoms with Crippen LogP contribution in [0, 0.1) is 10.1 Å². The van der Waals surface area contributed by atoms with Crippen LogP contribution >= 0.6 is 11.3 Å². The fourth-order valence-corrected chi connectivity index (χ4v) is 2.79. The predicted molar refractivity (Wildman–Crippen MR) is 83.4 cm³/mol. The third-order valence-corrected chi connectivity index (χ3v) is 4.05. The van der Waals surface area contributed by atoms with Gasteiger partial charge in [0.05, 0.1) is 4.92 Å². The minimum absolute atomic E-state index is 0.0606. The van der Waals surface area contributed by atoms with Gasteiger partial charge in [-0.3, -0.25) is 10.1 Å². The van der Waals surface area contributed by atoms with E-state index < -0.39 is 0 Å². The molecule has 4 nitrogen and oxygen atoms in total. The molecular formula is C15H18N2O2S. The molecule has 0 amide bonds.